The van der Waals surface area contributed by atoms with Gasteiger partial charge in [0.25, 0.3) is 5.91 Å². The Morgan fingerprint density at radius 2 is 1.70 bits per heavy atom. The van der Waals surface area contributed by atoms with Gasteiger partial charge in [-0.05, 0) is 23.8 Å². The molecular formula is C19H16F2N4O2. The lowest BCUT2D eigenvalue weighted by molar-refractivity contribution is -0.114. The van der Waals surface area contributed by atoms with Crippen LogP contribution in [-0.4, -0.2) is 21.4 Å². The van der Waals surface area contributed by atoms with Crippen LogP contribution >= 0.6 is 0 Å². The first kappa shape index (κ1) is 18.2. The molecule has 0 bridgehead atoms. The van der Waals surface area contributed by atoms with E-state index in [9.17, 15) is 18.4 Å². The number of aromatic nitrogens is 2. The van der Waals surface area contributed by atoms with Crippen molar-refractivity contribution in [1.29, 1.82) is 0 Å². The first-order chi connectivity index (χ1) is 12.9. The van der Waals surface area contributed by atoms with Crippen LogP contribution in [0.4, 0.5) is 20.2 Å². The Labute approximate surface area is 153 Å². The number of halogens is 2. The minimum absolute atomic E-state index is 0.213. The maximum absolute atomic E-state index is 13.9. The molecule has 2 amide bonds. The zero-order chi connectivity index (χ0) is 19.4. The van der Waals surface area contributed by atoms with Crippen molar-refractivity contribution in [2.75, 3.05) is 10.6 Å². The van der Waals surface area contributed by atoms with Gasteiger partial charge in [0, 0.05) is 37.5 Å². The molecule has 0 aliphatic carbocycles. The summed E-state index contributed by atoms with van der Waals surface area (Å²) in [7, 11) is 0. The number of nitrogens with zero attached hydrogens (tertiary/aromatic N) is 2. The molecule has 0 saturated heterocycles. The molecule has 0 atom stereocenters. The second-order valence-corrected chi connectivity index (χ2v) is 5.88. The molecule has 0 aliphatic heterocycles. The smallest absolute Gasteiger partial charge is 0.255 e. The molecule has 0 radical (unpaired) electrons. The summed E-state index contributed by atoms with van der Waals surface area (Å²) in [6, 6.07) is 8.42. The highest BCUT2D eigenvalue weighted by Crippen LogP contribution is 2.24. The molecule has 27 heavy (non-hydrogen) atoms. The monoisotopic (exact) mass is 370 g/mol. The Kier molecular flexibility index (Phi) is 5.25. The summed E-state index contributed by atoms with van der Waals surface area (Å²) >= 11 is 0. The van der Waals surface area contributed by atoms with Gasteiger partial charge in [0.05, 0.1) is 17.7 Å². The summed E-state index contributed by atoms with van der Waals surface area (Å²) in [4.78, 5) is 27.4. The van der Waals surface area contributed by atoms with Gasteiger partial charge in [-0.3, -0.25) is 9.59 Å². The first-order valence-electron chi connectivity index (χ1n) is 8.05. The van der Waals surface area contributed by atoms with Crippen LogP contribution in [0.5, 0.6) is 0 Å². The summed E-state index contributed by atoms with van der Waals surface area (Å²) < 4.78 is 29.5. The number of hydrogen-bond acceptors (Lipinski definition) is 3. The Hall–Kier alpha value is -3.55. The van der Waals surface area contributed by atoms with Crippen molar-refractivity contribution < 1.29 is 18.4 Å². The molecule has 0 spiro atoms. The number of amides is 2. The van der Waals surface area contributed by atoms with E-state index in [2.05, 4.69) is 15.6 Å². The molecular weight excluding hydrogens is 354 g/mol. The molecule has 0 aliphatic rings. The van der Waals surface area contributed by atoms with Crippen LogP contribution in [0.3, 0.4) is 0 Å². The van der Waals surface area contributed by atoms with Crippen molar-refractivity contribution >= 4 is 23.2 Å². The number of nitrogens with one attached hydrogen (secondary N) is 2. The highest BCUT2D eigenvalue weighted by Gasteiger charge is 2.14. The number of anilines is 2. The zero-order valence-corrected chi connectivity index (χ0v) is 14.4. The highest BCUT2D eigenvalue weighted by molar-refractivity contribution is 6.04. The fourth-order valence-electron chi connectivity index (χ4n) is 2.48. The number of carbonyl (C=O) groups is 2. The van der Waals surface area contributed by atoms with Crippen LogP contribution in [0.1, 0.15) is 22.8 Å². The van der Waals surface area contributed by atoms with E-state index in [4.69, 9.17) is 0 Å². The lowest BCUT2D eigenvalue weighted by Gasteiger charge is -2.11. The van der Waals surface area contributed by atoms with Gasteiger partial charge in [-0.2, -0.15) is 0 Å². The van der Waals surface area contributed by atoms with E-state index in [-0.39, 0.29) is 11.4 Å². The molecule has 2 aromatic carbocycles. The molecule has 3 rings (SSSR count). The third-order valence-corrected chi connectivity index (χ3v) is 3.76. The highest BCUT2D eigenvalue weighted by atomic mass is 19.1. The first-order valence-corrected chi connectivity index (χ1v) is 8.05. The van der Waals surface area contributed by atoms with Crippen molar-refractivity contribution in [3.05, 3.63) is 77.9 Å². The van der Waals surface area contributed by atoms with Crippen LogP contribution in [0.25, 0.3) is 0 Å². The van der Waals surface area contributed by atoms with Crippen molar-refractivity contribution in [3.8, 4) is 0 Å². The van der Waals surface area contributed by atoms with Crippen LogP contribution < -0.4 is 10.6 Å². The van der Waals surface area contributed by atoms with Gasteiger partial charge in [0.2, 0.25) is 5.91 Å². The van der Waals surface area contributed by atoms with Gasteiger partial charge in [-0.25, -0.2) is 13.8 Å². The predicted molar refractivity (Wildman–Crippen MR) is 96.4 cm³/mol. The quantitative estimate of drug-likeness (QED) is 0.723. The van der Waals surface area contributed by atoms with E-state index >= 15 is 0 Å². The Balaban J connectivity index is 1.74. The molecule has 138 valence electrons. The molecule has 0 saturated carbocycles. The minimum Gasteiger partial charge on any atom is -0.333 e. The number of rotatable bonds is 5. The lowest BCUT2D eigenvalue weighted by Crippen LogP contribution is -2.14. The SMILES string of the molecule is CC(=O)Nc1cc(NC(=O)c2ccc(Cn3ccnc3)cc2)c(F)cc1F. The fourth-order valence-corrected chi connectivity index (χ4v) is 2.48. The van der Waals surface area contributed by atoms with Gasteiger partial charge in [-0.1, -0.05) is 12.1 Å². The molecule has 0 unspecified atom stereocenters. The van der Waals surface area contributed by atoms with Crippen molar-refractivity contribution in [2.45, 2.75) is 13.5 Å². The maximum atomic E-state index is 13.9. The van der Waals surface area contributed by atoms with E-state index in [1.165, 1.54) is 6.92 Å². The van der Waals surface area contributed by atoms with Crippen LogP contribution in [0.15, 0.2) is 55.1 Å². The van der Waals surface area contributed by atoms with Gasteiger partial charge < -0.3 is 15.2 Å². The zero-order valence-electron chi connectivity index (χ0n) is 14.4. The molecule has 8 heteroatoms. The topological polar surface area (TPSA) is 76.0 Å². The van der Waals surface area contributed by atoms with E-state index in [0.29, 0.717) is 18.2 Å². The third kappa shape index (κ3) is 4.55. The van der Waals surface area contributed by atoms with Crippen molar-refractivity contribution in [3.63, 3.8) is 0 Å². The molecule has 1 aromatic heterocycles. The summed E-state index contributed by atoms with van der Waals surface area (Å²) in [5.74, 6) is -2.93. The summed E-state index contributed by atoms with van der Waals surface area (Å²) in [5, 5.41) is 4.63. The van der Waals surface area contributed by atoms with Crippen LogP contribution in [-0.2, 0) is 11.3 Å². The van der Waals surface area contributed by atoms with E-state index < -0.39 is 23.4 Å². The van der Waals surface area contributed by atoms with Gasteiger partial charge in [-0.15, -0.1) is 0 Å². The lowest BCUT2D eigenvalue weighted by atomic mass is 10.1. The average molecular weight is 370 g/mol. The average Bonchev–Trinajstić information content (AvgIpc) is 3.12. The van der Waals surface area contributed by atoms with E-state index in [1.54, 1.807) is 36.8 Å². The number of imidazole rings is 1. The van der Waals surface area contributed by atoms with Crippen molar-refractivity contribution in [2.24, 2.45) is 0 Å². The van der Waals surface area contributed by atoms with Crippen molar-refractivity contribution in [1.82, 2.24) is 9.55 Å². The maximum Gasteiger partial charge on any atom is 0.255 e. The molecule has 3 aromatic rings. The standard InChI is InChI=1S/C19H16F2N4O2/c1-12(26)23-17-9-18(16(21)8-15(17)20)24-19(27)14-4-2-13(3-5-14)10-25-7-6-22-11-25/h2-9,11H,10H2,1H3,(H,23,26)(H,24,27). The Morgan fingerprint density at radius 1 is 1.04 bits per heavy atom. The summed E-state index contributed by atoms with van der Waals surface area (Å²) in [6.45, 7) is 1.81. The van der Waals surface area contributed by atoms with Crippen LogP contribution in [0, 0.1) is 11.6 Å². The number of hydrogen-bond donors (Lipinski definition) is 2. The second kappa shape index (κ2) is 7.77. The largest absolute Gasteiger partial charge is 0.333 e. The van der Waals surface area contributed by atoms with E-state index in [0.717, 1.165) is 11.6 Å². The Morgan fingerprint density at radius 3 is 2.30 bits per heavy atom. The molecule has 1 heterocycles. The fraction of sp³-hybridized carbons (Fsp3) is 0.105. The third-order valence-electron chi connectivity index (χ3n) is 3.76. The molecule has 6 nitrogen and oxygen atoms in total. The van der Waals surface area contributed by atoms with E-state index in [1.807, 2.05) is 10.8 Å². The van der Waals surface area contributed by atoms with Gasteiger partial charge in [0.1, 0.15) is 11.6 Å². The minimum atomic E-state index is -0.938. The molecule has 0 fully saturated rings. The van der Waals surface area contributed by atoms with Crippen LogP contribution in [0.2, 0.25) is 0 Å². The van der Waals surface area contributed by atoms with Gasteiger partial charge in [0.15, 0.2) is 0 Å². The second-order valence-electron chi connectivity index (χ2n) is 5.88. The number of carbonyl (C=O) groups excluding carboxylic acids is 2. The van der Waals surface area contributed by atoms with Gasteiger partial charge >= 0.3 is 0 Å². The summed E-state index contributed by atoms with van der Waals surface area (Å²) in [5.41, 5.74) is 0.835. The Bertz CT molecular complexity index is 970. The summed E-state index contributed by atoms with van der Waals surface area (Å²) in [6.07, 6.45) is 5.18. The molecule has 2 N–H and O–H groups in total. The predicted octanol–water partition coefficient (Wildman–Crippen LogP) is 3.42. The number of benzene rings is 2. The normalized spacial score (nSPS) is 10.5.